The Morgan fingerprint density at radius 3 is 2.41 bits per heavy atom. The zero-order chi connectivity index (χ0) is 25.9. The highest BCUT2D eigenvalue weighted by Crippen LogP contribution is 2.35. The predicted octanol–water partition coefficient (Wildman–Crippen LogP) is 5.92. The molecule has 3 aromatic rings. The smallest absolute Gasteiger partial charge is 0.256 e. The van der Waals surface area contributed by atoms with Crippen molar-refractivity contribution < 1.29 is 9.59 Å². The van der Waals surface area contributed by atoms with E-state index in [1.165, 1.54) is 0 Å². The lowest BCUT2D eigenvalue weighted by atomic mass is 10.1. The summed E-state index contributed by atoms with van der Waals surface area (Å²) in [5.41, 5.74) is 4.39. The summed E-state index contributed by atoms with van der Waals surface area (Å²) in [7, 11) is 0. The molecule has 2 heterocycles. The minimum absolute atomic E-state index is 0.0391. The molecule has 6 nitrogen and oxygen atoms in total. The van der Waals surface area contributed by atoms with Gasteiger partial charge < -0.3 is 20.0 Å². The summed E-state index contributed by atoms with van der Waals surface area (Å²) in [4.78, 5) is 32.3. The van der Waals surface area contributed by atoms with Crippen molar-refractivity contribution >= 4 is 34.8 Å². The van der Waals surface area contributed by atoms with Crippen LogP contribution in [0.3, 0.4) is 0 Å². The Balaban J connectivity index is 1.24. The summed E-state index contributed by atoms with van der Waals surface area (Å²) >= 11 is 6.14. The summed E-state index contributed by atoms with van der Waals surface area (Å²) in [6.45, 7) is 7.90. The van der Waals surface area contributed by atoms with Gasteiger partial charge in [-0.1, -0.05) is 49.7 Å². The lowest BCUT2D eigenvalue weighted by Gasteiger charge is -2.36. The highest BCUT2D eigenvalue weighted by Gasteiger charge is 2.36. The summed E-state index contributed by atoms with van der Waals surface area (Å²) < 4.78 is 0. The number of amides is 2. The van der Waals surface area contributed by atoms with Gasteiger partial charge in [0.15, 0.2) is 0 Å². The van der Waals surface area contributed by atoms with E-state index in [2.05, 4.69) is 30.1 Å². The van der Waals surface area contributed by atoms with Gasteiger partial charge in [0.05, 0.1) is 0 Å². The Bertz CT molecular complexity index is 1270. The quantitative estimate of drug-likeness (QED) is 0.424. The van der Waals surface area contributed by atoms with Crippen LogP contribution in [0.25, 0.3) is 0 Å². The Morgan fingerprint density at radius 1 is 0.973 bits per heavy atom. The minimum atomic E-state index is -0.219. The van der Waals surface area contributed by atoms with Gasteiger partial charge in [-0.05, 0) is 60.9 Å². The van der Waals surface area contributed by atoms with Crippen LogP contribution in [0.1, 0.15) is 52.7 Å². The summed E-state index contributed by atoms with van der Waals surface area (Å²) in [6, 6.07) is 23.2. The Labute approximate surface area is 223 Å². The molecule has 0 aromatic heterocycles. The number of benzene rings is 3. The van der Waals surface area contributed by atoms with Crippen LogP contribution in [0.2, 0.25) is 5.02 Å². The number of piperazine rings is 1. The number of carbonyl (C=O) groups is 2. The van der Waals surface area contributed by atoms with Gasteiger partial charge in [-0.15, -0.1) is 0 Å². The third-order valence-electron chi connectivity index (χ3n) is 7.18. The van der Waals surface area contributed by atoms with E-state index in [0.717, 1.165) is 47.0 Å². The van der Waals surface area contributed by atoms with Gasteiger partial charge in [-0.3, -0.25) is 9.59 Å². The highest BCUT2D eigenvalue weighted by molar-refractivity contribution is 6.30. The summed E-state index contributed by atoms with van der Waals surface area (Å²) in [6.07, 6.45) is 0.721. The molecule has 1 saturated heterocycles. The average Bonchev–Trinajstić information content (AvgIpc) is 3.18. The fourth-order valence-corrected chi connectivity index (χ4v) is 5.23. The molecule has 0 bridgehead atoms. The number of anilines is 2. The number of halogens is 1. The fraction of sp³-hybridized carbons (Fsp3) is 0.333. The van der Waals surface area contributed by atoms with Crippen molar-refractivity contribution in [3.63, 3.8) is 0 Å². The van der Waals surface area contributed by atoms with Gasteiger partial charge in [0.1, 0.15) is 6.17 Å². The molecule has 0 aliphatic carbocycles. The number of hydrogen-bond acceptors (Lipinski definition) is 4. The van der Waals surface area contributed by atoms with Crippen LogP contribution >= 0.6 is 11.6 Å². The third kappa shape index (κ3) is 5.44. The molecule has 2 aliphatic rings. The first-order valence-corrected chi connectivity index (χ1v) is 13.3. The van der Waals surface area contributed by atoms with E-state index in [1.807, 2.05) is 76.5 Å². The molecule has 1 N–H and O–H groups in total. The maximum atomic E-state index is 13.2. The molecule has 192 valence electrons. The molecule has 1 fully saturated rings. The number of rotatable bonds is 7. The minimum Gasteiger partial charge on any atom is -0.368 e. The van der Waals surface area contributed by atoms with Crippen LogP contribution in [-0.2, 0) is 0 Å². The van der Waals surface area contributed by atoms with Gasteiger partial charge in [-0.25, -0.2) is 0 Å². The number of nitrogens with zero attached hydrogens (tertiary/aromatic N) is 3. The van der Waals surface area contributed by atoms with Crippen molar-refractivity contribution in [1.82, 2.24) is 9.80 Å². The van der Waals surface area contributed by atoms with Crippen LogP contribution in [-0.4, -0.2) is 54.3 Å². The number of nitrogens with one attached hydrogen (secondary N) is 1. The molecule has 0 spiro atoms. The second-order valence-electron chi connectivity index (χ2n) is 10.2. The molecule has 1 unspecified atom stereocenters. The number of fused-ring (bicyclic) bond motifs is 1. The normalized spacial score (nSPS) is 17.4. The van der Waals surface area contributed by atoms with Gasteiger partial charge in [0.25, 0.3) is 11.8 Å². The first-order chi connectivity index (χ1) is 17.9. The monoisotopic (exact) mass is 516 g/mol. The summed E-state index contributed by atoms with van der Waals surface area (Å²) in [5, 5.41) is 4.26. The second kappa shape index (κ2) is 10.9. The maximum absolute atomic E-state index is 13.2. The van der Waals surface area contributed by atoms with Gasteiger partial charge in [0, 0.05) is 65.8 Å². The van der Waals surface area contributed by atoms with E-state index in [0.29, 0.717) is 31.1 Å². The first-order valence-electron chi connectivity index (χ1n) is 13.0. The van der Waals surface area contributed by atoms with E-state index in [-0.39, 0.29) is 18.0 Å². The van der Waals surface area contributed by atoms with Crippen LogP contribution in [0, 0.1) is 5.92 Å². The molecule has 2 aliphatic heterocycles. The summed E-state index contributed by atoms with van der Waals surface area (Å²) in [5.74, 6) is 0.615. The van der Waals surface area contributed by atoms with Crippen LogP contribution in [0.5, 0.6) is 0 Å². The number of hydrogen-bond donors (Lipinski definition) is 1. The molecular weight excluding hydrogens is 484 g/mol. The van der Waals surface area contributed by atoms with Crippen molar-refractivity contribution in [3.05, 3.63) is 94.5 Å². The van der Waals surface area contributed by atoms with Crippen molar-refractivity contribution in [2.75, 3.05) is 42.9 Å². The van der Waals surface area contributed by atoms with Crippen molar-refractivity contribution in [1.29, 1.82) is 0 Å². The number of carbonyl (C=O) groups excluding carboxylic acids is 2. The topological polar surface area (TPSA) is 55.9 Å². The van der Waals surface area contributed by atoms with Crippen molar-refractivity contribution in [3.8, 4) is 0 Å². The SMILES string of the molecule is CC(C)CCN1C(=O)c2ccccc2C1Nc1ccc(C(=O)N2CCN(c3cccc(Cl)c3)CC2)cc1. The van der Waals surface area contributed by atoms with Gasteiger partial charge in [0.2, 0.25) is 0 Å². The average molecular weight is 517 g/mol. The van der Waals surface area contributed by atoms with Crippen molar-refractivity contribution in [2.45, 2.75) is 26.4 Å². The molecule has 1 atom stereocenters. The van der Waals surface area contributed by atoms with E-state index < -0.39 is 0 Å². The fourth-order valence-electron chi connectivity index (χ4n) is 5.04. The molecule has 37 heavy (non-hydrogen) atoms. The molecule has 0 saturated carbocycles. The van der Waals surface area contributed by atoms with Crippen LogP contribution in [0.15, 0.2) is 72.8 Å². The van der Waals surface area contributed by atoms with E-state index in [9.17, 15) is 9.59 Å². The Morgan fingerprint density at radius 2 is 1.70 bits per heavy atom. The standard InChI is InChI=1S/C30H33ClN4O2/c1-21(2)14-15-35-28(26-8-3-4-9-27(26)30(35)37)32-24-12-10-22(11-13-24)29(36)34-18-16-33(17-19-34)25-7-5-6-23(31)20-25/h3-13,20-21,28,32H,14-19H2,1-2H3. The zero-order valence-corrected chi connectivity index (χ0v) is 22.1. The Kier molecular flexibility index (Phi) is 7.38. The van der Waals surface area contributed by atoms with E-state index in [4.69, 9.17) is 11.6 Å². The lowest BCUT2D eigenvalue weighted by Crippen LogP contribution is -2.48. The second-order valence-corrected chi connectivity index (χ2v) is 10.6. The molecule has 2 amide bonds. The van der Waals surface area contributed by atoms with Crippen LogP contribution < -0.4 is 10.2 Å². The molecular formula is C30H33ClN4O2. The molecule has 5 rings (SSSR count). The molecule has 0 radical (unpaired) electrons. The first kappa shape index (κ1) is 25.2. The highest BCUT2D eigenvalue weighted by atomic mass is 35.5. The lowest BCUT2D eigenvalue weighted by molar-refractivity contribution is 0.0731. The third-order valence-corrected chi connectivity index (χ3v) is 7.42. The maximum Gasteiger partial charge on any atom is 0.256 e. The largest absolute Gasteiger partial charge is 0.368 e. The van der Waals surface area contributed by atoms with E-state index >= 15 is 0 Å². The van der Waals surface area contributed by atoms with Gasteiger partial charge in [-0.2, -0.15) is 0 Å². The Hall–Kier alpha value is -3.51. The predicted molar refractivity (Wildman–Crippen MR) is 149 cm³/mol. The molecule has 7 heteroatoms. The van der Waals surface area contributed by atoms with Crippen molar-refractivity contribution in [2.24, 2.45) is 5.92 Å². The van der Waals surface area contributed by atoms with E-state index in [1.54, 1.807) is 0 Å². The molecule has 3 aromatic carbocycles. The van der Waals surface area contributed by atoms with Crippen LogP contribution in [0.4, 0.5) is 11.4 Å². The van der Waals surface area contributed by atoms with Gasteiger partial charge >= 0.3 is 0 Å². The zero-order valence-electron chi connectivity index (χ0n) is 21.4.